The number of nitrogens with one attached hydrogen (secondary N) is 2. The Kier molecular flexibility index (Phi) is 6.78. The third-order valence-electron chi connectivity index (χ3n) is 3.13. The Bertz CT molecular complexity index is 709. The number of benzene rings is 1. The molecular weight excluding hydrogens is 349 g/mol. The van der Waals surface area contributed by atoms with E-state index in [1.807, 2.05) is 14.1 Å². The maximum absolute atomic E-state index is 12.1. The standard InChI is InChI=1S/C16H19Cl2N5O/c1-23(2)9-3-7-19-15(24)13-6-8-20-16(21-13)22-14-10-11(17)4-5-12(14)18/h4-6,8,10H,3,7,9H2,1-2H3,(H,19,24)(H,20,21,22). The molecule has 128 valence electrons. The first-order chi connectivity index (χ1) is 11.5. The van der Waals surface area contributed by atoms with Crippen LogP contribution in [0.2, 0.25) is 10.0 Å². The first-order valence-corrected chi connectivity index (χ1v) is 8.19. The lowest BCUT2D eigenvalue weighted by Crippen LogP contribution is -2.28. The first kappa shape index (κ1) is 18.4. The fourth-order valence-electron chi connectivity index (χ4n) is 1.95. The van der Waals surface area contributed by atoms with Crippen LogP contribution in [0.5, 0.6) is 0 Å². The van der Waals surface area contributed by atoms with Crippen molar-refractivity contribution >= 4 is 40.7 Å². The van der Waals surface area contributed by atoms with Gasteiger partial charge in [-0.3, -0.25) is 4.79 Å². The van der Waals surface area contributed by atoms with Crippen LogP contribution >= 0.6 is 23.2 Å². The summed E-state index contributed by atoms with van der Waals surface area (Å²) in [6.45, 7) is 1.49. The van der Waals surface area contributed by atoms with Gasteiger partial charge in [0, 0.05) is 17.8 Å². The number of nitrogens with zero attached hydrogens (tertiary/aromatic N) is 3. The Morgan fingerprint density at radius 2 is 2.04 bits per heavy atom. The molecule has 0 bridgehead atoms. The Balaban J connectivity index is 2.00. The SMILES string of the molecule is CN(C)CCCNC(=O)c1ccnc(Nc2cc(Cl)ccc2Cl)n1. The molecule has 1 amide bonds. The highest BCUT2D eigenvalue weighted by atomic mass is 35.5. The molecule has 2 aromatic rings. The van der Waals surface area contributed by atoms with Gasteiger partial charge in [0.2, 0.25) is 5.95 Å². The Morgan fingerprint density at radius 3 is 2.79 bits per heavy atom. The maximum Gasteiger partial charge on any atom is 0.270 e. The fourth-order valence-corrected chi connectivity index (χ4v) is 2.28. The molecule has 6 nitrogen and oxygen atoms in total. The molecular formula is C16H19Cl2N5O. The molecule has 1 aromatic carbocycles. The van der Waals surface area contributed by atoms with Crippen LogP contribution in [0.1, 0.15) is 16.9 Å². The molecule has 1 aromatic heterocycles. The van der Waals surface area contributed by atoms with Crippen LogP contribution in [-0.2, 0) is 0 Å². The second-order valence-corrected chi connectivity index (χ2v) is 6.27. The Labute approximate surface area is 151 Å². The van der Waals surface area contributed by atoms with Crippen LogP contribution in [0, 0.1) is 0 Å². The average Bonchev–Trinajstić information content (AvgIpc) is 2.55. The van der Waals surface area contributed by atoms with Crippen molar-refractivity contribution in [2.24, 2.45) is 0 Å². The monoisotopic (exact) mass is 367 g/mol. The lowest BCUT2D eigenvalue weighted by molar-refractivity contribution is 0.0947. The van der Waals surface area contributed by atoms with Crippen LogP contribution in [0.3, 0.4) is 0 Å². The number of aromatic nitrogens is 2. The third kappa shape index (κ3) is 5.63. The number of rotatable bonds is 7. The molecule has 0 aliphatic rings. The second kappa shape index (κ2) is 8.82. The number of carbonyl (C=O) groups is 1. The van der Waals surface area contributed by atoms with E-state index in [-0.39, 0.29) is 17.5 Å². The van der Waals surface area contributed by atoms with Crippen molar-refractivity contribution in [3.8, 4) is 0 Å². The smallest absolute Gasteiger partial charge is 0.270 e. The highest BCUT2D eigenvalue weighted by molar-refractivity contribution is 6.35. The van der Waals surface area contributed by atoms with Gasteiger partial charge >= 0.3 is 0 Å². The van der Waals surface area contributed by atoms with Crippen molar-refractivity contribution in [1.82, 2.24) is 20.2 Å². The van der Waals surface area contributed by atoms with E-state index < -0.39 is 0 Å². The molecule has 8 heteroatoms. The van der Waals surface area contributed by atoms with Crippen molar-refractivity contribution in [2.75, 3.05) is 32.5 Å². The predicted octanol–water partition coefficient (Wildman–Crippen LogP) is 3.21. The van der Waals surface area contributed by atoms with Gasteiger partial charge in [-0.2, -0.15) is 0 Å². The van der Waals surface area contributed by atoms with Crippen molar-refractivity contribution in [1.29, 1.82) is 0 Å². The van der Waals surface area contributed by atoms with Gasteiger partial charge in [-0.05, 0) is 51.3 Å². The zero-order valence-electron chi connectivity index (χ0n) is 13.5. The number of hydrogen-bond donors (Lipinski definition) is 2. The molecule has 0 aliphatic heterocycles. The number of anilines is 2. The summed E-state index contributed by atoms with van der Waals surface area (Å²) in [5, 5.41) is 6.83. The summed E-state index contributed by atoms with van der Waals surface area (Å²) in [5.41, 5.74) is 0.864. The summed E-state index contributed by atoms with van der Waals surface area (Å²) in [7, 11) is 3.98. The number of halogens is 2. The van der Waals surface area contributed by atoms with Gasteiger partial charge in [-0.25, -0.2) is 9.97 Å². The van der Waals surface area contributed by atoms with Crippen LogP contribution in [0.15, 0.2) is 30.5 Å². The largest absolute Gasteiger partial charge is 0.351 e. The van der Waals surface area contributed by atoms with E-state index in [9.17, 15) is 4.79 Å². The molecule has 0 saturated heterocycles. The number of carbonyl (C=O) groups excluding carboxylic acids is 1. The first-order valence-electron chi connectivity index (χ1n) is 7.44. The second-order valence-electron chi connectivity index (χ2n) is 5.43. The molecule has 0 fully saturated rings. The Morgan fingerprint density at radius 1 is 1.25 bits per heavy atom. The third-order valence-corrected chi connectivity index (χ3v) is 3.70. The van der Waals surface area contributed by atoms with Crippen LogP contribution in [0.25, 0.3) is 0 Å². The average molecular weight is 368 g/mol. The highest BCUT2D eigenvalue weighted by Gasteiger charge is 2.09. The van der Waals surface area contributed by atoms with Gasteiger partial charge in [-0.15, -0.1) is 0 Å². The zero-order valence-corrected chi connectivity index (χ0v) is 15.0. The van der Waals surface area contributed by atoms with Crippen LogP contribution < -0.4 is 10.6 Å². The van der Waals surface area contributed by atoms with Crippen LogP contribution in [-0.4, -0.2) is 48.0 Å². The summed E-state index contributed by atoms with van der Waals surface area (Å²) >= 11 is 12.0. The molecule has 2 rings (SSSR count). The molecule has 0 radical (unpaired) electrons. The topological polar surface area (TPSA) is 70.2 Å². The predicted molar refractivity (Wildman–Crippen MR) is 97.3 cm³/mol. The summed E-state index contributed by atoms with van der Waals surface area (Å²) in [6.07, 6.45) is 2.38. The lowest BCUT2D eigenvalue weighted by Gasteiger charge is -2.10. The number of amides is 1. The van der Waals surface area contributed by atoms with Gasteiger partial charge in [0.05, 0.1) is 10.7 Å². The van der Waals surface area contributed by atoms with Gasteiger partial charge in [0.25, 0.3) is 5.91 Å². The van der Waals surface area contributed by atoms with E-state index in [0.29, 0.717) is 22.3 Å². The minimum atomic E-state index is -0.239. The zero-order chi connectivity index (χ0) is 17.5. The van der Waals surface area contributed by atoms with Gasteiger partial charge < -0.3 is 15.5 Å². The number of hydrogen-bond acceptors (Lipinski definition) is 5. The fraction of sp³-hybridized carbons (Fsp3) is 0.312. The minimum absolute atomic E-state index is 0.239. The van der Waals surface area contributed by atoms with Crippen molar-refractivity contribution in [3.05, 3.63) is 46.2 Å². The van der Waals surface area contributed by atoms with E-state index in [1.54, 1.807) is 24.3 Å². The maximum atomic E-state index is 12.1. The van der Waals surface area contributed by atoms with Gasteiger partial charge in [0.1, 0.15) is 5.69 Å². The van der Waals surface area contributed by atoms with E-state index in [2.05, 4.69) is 25.5 Å². The Hall–Kier alpha value is -1.89. The molecule has 24 heavy (non-hydrogen) atoms. The summed E-state index contributed by atoms with van der Waals surface area (Å²) in [4.78, 5) is 22.5. The summed E-state index contributed by atoms with van der Waals surface area (Å²) in [5.74, 6) is 0.0384. The van der Waals surface area contributed by atoms with Crippen molar-refractivity contribution < 1.29 is 4.79 Å². The molecule has 0 unspecified atom stereocenters. The minimum Gasteiger partial charge on any atom is -0.351 e. The van der Waals surface area contributed by atoms with Crippen LogP contribution in [0.4, 0.5) is 11.6 Å². The molecule has 0 atom stereocenters. The highest BCUT2D eigenvalue weighted by Crippen LogP contribution is 2.27. The molecule has 2 N–H and O–H groups in total. The lowest BCUT2D eigenvalue weighted by atomic mass is 10.3. The van der Waals surface area contributed by atoms with E-state index in [1.165, 1.54) is 6.20 Å². The molecule has 1 heterocycles. The van der Waals surface area contributed by atoms with E-state index in [0.717, 1.165) is 13.0 Å². The van der Waals surface area contributed by atoms with Crippen molar-refractivity contribution in [3.63, 3.8) is 0 Å². The van der Waals surface area contributed by atoms with E-state index in [4.69, 9.17) is 23.2 Å². The van der Waals surface area contributed by atoms with E-state index >= 15 is 0 Å². The summed E-state index contributed by atoms with van der Waals surface area (Å²) < 4.78 is 0. The van der Waals surface area contributed by atoms with Gasteiger partial charge in [-0.1, -0.05) is 23.2 Å². The quantitative estimate of drug-likeness (QED) is 0.735. The summed E-state index contributed by atoms with van der Waals surface area (Å²) in [6, 6.07) is 6.59. The molecule has 0 saturated carbocycles. The molecule has 0 spiro atoms. The van der Waals surface area contributed by atoms with Gasteiger partial charge in [0.15, 0.2) is 0 Å². The van der Waals surface area contributed by atoms with Crippen molar-refractivity contribution in [2.45, 2.75) is 6.42 Å². The molecule has 0 aliphatic carbocycles. The normalized spacial score (nSPS) is 10.7.